The van der Waals surface area contributed by atoms with Crippen LogP contribution in [0.2, 0.25) is 0 Å². The minimum Gasteiger partial charge on any atom is -0.282 e. The van der Waals surface area contributed by atoms with Crippen LogP contribution in [0.15, 0.2) is 0 Å². The standard InChI is InChI=1S/C14H21NO2S/c16-12-8-14(6-7-18-10-14)13(17)15(12)9-11-4-2-1-3-5-11/h11H,1-10H2/t14-/m1/s1. The molecule has 2 amide bonds. The van der Waals surface area contributed by atoms with E-state index in [-0.39, 0.29) is 17.2 Å². The summed E-state index contributed by atoms with van der Waals surface area (Å²) in [6.45, 7) is 0.698. The highest BCUT2D eigenvalue weighted by Gasteiger charge is 2.53. The number of thioether (sulfide) groups is 1. The predicted molar refractivity (Wildman–Crippen MR) is 72.3 cm³/mol. The van der Waals surface area contributed by atoms with Gasteiger partial charge in [-0.25, -0.2) is 0 Å². The Labute approximate surface area is 113 Å². The van der Waals surface area contributed by atoms with Crippen LogP contribution in [0.1, 0.15) is 44.9 Å². The summed E-state index contributed by atoms with van der Waals surface area (Å²) in [6, 6.07) is 0. The highest BCUT2D eigenvalue weighted by atomic mass is 32.2. The smallest absolute Gasteiger partial charge is 0.236 e. The number of rotatable bonds is 2. The zero-order valence-corrected chi connectivity index (χ0v) is 11.6. The van der Waals surface area contributed by atoms with Crippen LogP contribution in [0.4, 0.5) is 0 Å². The minimum absolute atomic E-state index is 0.0908. The van der Waals surface area contributed by atoms with E-state index in [9.17, 15) is 9.59 Å². The molecule has 0 aromatic carbocycles. The molecule has 3 aliphatic rings. The lowest BCUT2D eigenvalue weighted by atomic mass is 9.85. The molecule has 2 saturated heterocycles. The van der Waals surface area contributed by atoms with Crippen LogP contribution in [0.25, 0.3) is 0 Å². The summed E-state index contributed by atoms with van der Waals surface area (Å²) in [5.74, 6) is 2.70. The molecule has 1 atom stereocenters. The highest BCUT2D eigenvalue weighted by Crippen LogP contribution is 2.45. The second-order valence-electron chi connectivity index (χ2n) is 6.07. The molecule has 3 nitrogen and oxygen atoms in total. The lowest BCUT2D eigenvalue weighted by molar-refractivity contribution is -0.141. The van der Waals surface area contributed by atoms with Crippen LogP contribution in [0, 0.1) is 11.3 Å². The lowest BCUT2D eigenvalue weighted by Gasteiger charge is -2.27. The second-order valence-corrected chi connectivity index (χ2v) is 7.18. The molecule has 1 spiro atoms. The van der Waals surface area contributed by atoms with Gasteiger partial charge >= 0.3 is 0 Å². The number of nitrogens with zero attached hydrogens (tertiary/aromatic N) is 1. The van der Waals surface area contributed by atoms with Gasteiger partial charge in [-0.2, -0.15) is 11.8 Å². The van der Waals surface area contributed by atoms with Gasteiger partial charge in [0.25, 0.3) is 0 Å². The number of carbonyl (C=O) groups excluding carboxylic acids is 2. The van der Waals surface area contributed by atoms with Gasteiger partial charge < -0.3 is 0 Å². The fourth-order valence-electron chi connectivity index (χ4n) is 3.59. The molecule has 1 saturated carbocycles. The van der Waals surface area contributed by atoms with Crippen LogP contribution in [0.3, 0.4) is 0 Å². The van der Waals surface area contributed by atoms with Crippen molar-refractivity contribution in [2.75, 3.05) is 18.1 Å². The Balaban J connectivity index is 1.68. The Bertz CT molecular complexity index is 357. The molecule has 0 bridgehead atoms. The molecule has 3 rings (SSSR count). The van der Waals surface area contributed by atoms with Crippen molar-refractivity contribution in [1.82, 2.24) is 4.90 Å². The number of amides is 2. The van der Waals surface area contributed by atoms with Crippen molar-refractivity contribution in [2.24, 2.45) is 11.3 Å². The number of carbonyl (C=O) groups is 2. The van der Waals surface area contributed by atoms with Gasteiger partial charge in [0.05, 0.1) is 5.41 Å². The summed E-state index contributed by atoms with van der Waals surface area (Å²) in [6.07, 6.45) is 7.62. The normalized spacial score (nSPS) is 33.9. The summed E-state index contributed by atoms with van der Waals surface area (Å²) < 4.78 is 0. The first-order valence-corrected chi connectivity index (χ1v) is 8.29. The van der Waals surface area contributed by atoms with E-state index < -0.39 is 0 Å². The van der Waals surface area contributed by atoms with Crippen molar-refractivity contribution in [3.8, 4) is 0 Å². The fraction of sp³-hybridized carbons (Fsp3) is 0.857. The molecular weight excluding hydrogens is 246 g/mol. The van der Waals surface area contributed by atoms with Crippen molar-refractivity contribution >= 4 is 23.6 Å². The van der Waals surface area contributed by atoms with Gasteiger partial charge in [-0.05, 0) is 30.9 Å². The third-order valence-corrected chi connectivity index (χ3v) is 6.01. The van der Waals surface area contributed by atoms with Gasteiger partial charge in [-0.3, -0.25) is 14.5 Å². The average Bonchev–Trinajstić information content (AvgIpc) is 2.93. The summed E-state index contributed by atoms with van der Waals surface area (Å²) in [5, 5.41) is 0. The average molecular weight is 267 g/mol. The first-order valence-electron chi connectivity index (χ1n) is 7.14. The zero-order valence-electron chi connectivity index (χ0n) is 10.8. The van der Waals surface area contributed by atoms with Gasteiger partial charge in [-0.15, -0.1) is 0 Å². The Kier molecular flexibility index (Phi) is 3.39. The quantitative estimate of drug-likeness (QED) is 0.721. The van der Waals surface area contributed by atoms with E-state index in [2.05, 4.69) is 0 Å². The molecule has 4 heteroatoms. The molecule has 0 unspecified atom stereocenters. The minimum atomic E-state index is -0.309. The van der Waals surface area contributed by atoms with E-state index in [1.807, 2.05) is 11.8 Å². The van der Waals surface area contributed by atoms with E-state index in [0.717, 1.165) is 17.9 Å². The molecular formula is C14H21NO2S. The third kappa shape index (κ3) is 2.09. The van der Waals surface area contributed by atoms with Crippen molar-refractivity contribution < 1.29 is 9.59 Å². The molecule has 2 heterocycles. The monoisotopic (exact) mass is 267 g/mol. The number of imide groups is 1. The predicted octanol–water partition coefficient (Wildman–Crippen LogP) is 2.45. The lowest BCUT2D eigenvalue weighted by Crippen LogP contribution is -2.39. The van der Waals surface area contributed by atoms with E-state index in [4.69, 9.17) is 0 Å². The molecule has 0 aromatic rings. The summed E-state index contributed by atoms with van der Waals surface area (Å²) >= 11 is 1.82. The van der Waals surface area contributed by atoms with Gasteiger partial charge in [0.1, 0.15) is 0 Å². The molecule has 18 heavy (non-hydrogen) atoms. The molecule has 0 aromatic heterocycles. The maximum Gasteiger partial charge on any atom is 0.236 e. The van der Waals surface area contributed by atoms with Crippen molar-refractivity contribution in [3.05, 3.63) is 0 Å². The maximum atomic E-state index is 12.5. The maximum absolute atomic E-state index is 12.5. The van der Waals surface area contributed by atoms with E-state index in [1.165, 1.54) is 32.1 Å². The highest BCUT2D eigenvalue weighted by molar-refractivity contribution is 7.99. The Morgan fingerprint density at radius 1 is 1.22 bits per heavy atom. The molecule has 0 N–H and O–H groups in total. The first-order chi connectivity index (χ1) is 8.71. The van der Waals surface area contributed by atoms with Gasteiger partial charge in [-0.1, -0.05) is 19.3 Å². The summed E-state index contributed by atoms with van der Waals surface area (Å²) in [7, 11) is 0. The van der Waals surface area contributed by atoms with Gasteiger partial charge in [0.2, 0.25) is 11.8 Å². The van der Waals surface area contributed by atoms with E-state index in [1.54, 1.807) is 4.90 Å². The van der Waals surface area contributed by atoms with Crippen molar-refractivity contribution in [1.29, 1.82) is 0 Å². The molecule has 1 aliphatic carbocycles. The fourth-order valence-corrected chi connectivity index (χ4v) is 5.03. The SMILES string of the molecule is O=C1C[C@@]2(CCSC2)C(=O)N1CC1CCCCC1. The van der Waals surface area contributed by atoms with Crippen LogP contribution >= 0.6 is 11.8 Å². The van der Waals surface area contributed by atoms with Crippen molar-refractivity contribution in [3.63, 3.8) is 0 Å². The number of hydrogen-bond acceptors (Lipinski definition) is 3. The summed E-state index contributed by atoms with van der Waals surface area (Å²) in [5.41, 5.74) is -0.309. The van der Waals surface area contributed by atoms with E-state index >= 15 is 0 Å². The van der Waals surface area contributed by atoms with Crippen LogP contribution in [0.5, 0.6) is 0 Å². The van der Waals surface area contributed by atoms with Crippen LogP contribution < -0.4 is 0 Å². The Morgan fingerprint density at radius 2 is 2.00 bits per heavy atom. The first kappa shape index (κ1) is 12.5. The van der Waals surface area contributed by atoms with Gasteiger partial charge in [0, 0.05) is 18.7 Å². The third-order valence-electron chi connectivity index (χ3n) is 4.76. The van der Waals surface area contributed by atoms with E-state index in [0.29, 0.717) is 18.9 Å². The Morgan fingerprint density at radius 3 is 2.67 bits per heavy atom. The van der Waals surface area contributed by atoms with Crippen LogP contribution in [-0.2, 0) is 9.59 Å². The molecule has 100 valence electrons. The topological polar surface area (TPSA) is 37.4 Å². The Hall–Kier alpha value is -0.510. The molecule has 3 fully saturated rings. The largest absolute Gasteiger partial charge is 0.282 e. The molecule has 2 aliphatic heterocycles. The van der Waals surface area contributed by atoms with Gasteiger partial charge in [0.15, 0.2) is 0 Å². The van der Waals surface area contributed by atoms with Crippen molar-refractivity contribution in [2.45, 2.75) is 44.9 Å². The number of hydrogen-bond donors (Lipinski definition) is 0. The summed E-state index contributed by atoms with van der Waals surface area (Å²) in [4.78, 5) is 26.2. The number of likely N-dealkylation sites (tertiary alicyclic amines) is 1. The molecule has 0 radical (unpaired) electrons. The second kappa shape index (κ2) is 4.87. The zero-order chi connectivity index (χ0) is 12.6. The van der Waals surface area contributed by atoms with Crippen LogP contribution in [-0.4, -0.2) is 34.8 Å².